The molecule has 1 saturated heterocycles. The van der Waals surface area contributed by atoms with E-state index in [0.29, 0.717) is 5.56 Å². The van der Waals surface area contributed by atoms with Crippen LogP contribution in [0.15, 0.2) is 41.1 Å². The summed E-state index contributed by atoms with van der Waals surface area (Å²) < 4.78 is 0. The average Bonchev–Trinajstić information content (AvgIpc) is 2.59. The van der Waals surface area contributed by atoms with Crippen LogP contribution in [0.4, 0.5) is 0 Å². The fourth-order valence-corrected chi connectivity index (χ4v) is 4.19. The first-order chi connectivity index (χ1) is 11.4. The fraction of sp³-hybridized carbons (Fsp3) is 0.267. The van der Waals surface area contributed by atoms with Gasteiger partial charge in [-0.2, -0.15) is 0 Å². The standard InChI is InChI=1S/C15H14ClN3O4S.3H2O/c16-8-6-24-14-10(13(21)19(14)11(8)15(22)23)18-12(20)9(17)7-4-2-1-3-5-7;;;/h1-5,9-10,14H,6,17H2,(H,18,20)(H,22,23);3*1H2/t9-,10-,14-;;;/m1.../s1. The van der Waals surface area contributed by atoms with Gasteiger partial charge in [0.2, 0.25) is 5.91 Å². The lowest BCUT2D eigenvalue weighted by molar-refractivity contribution is -0.150. The SMILES string of the molecule is N[C@@H](C(=O)N[C@@H]1C(=O)N2C(C(=O)O)=C(Cl)CS[C@H]12)c1ccccc1.O.O.O. The third-order valence-electron chi connectivity index (χ3n) is 3.86. The molecule has 1 aromatic carbocycles. The number of hydrogen-bond acceptors (Lipinski definition) is 5. The minimum atomic E-state index is -1.26. The zero-order valence-electron chi connectivity index (χ0n) is 13.8. The van der Waals surface area contributed by atoms with Crippen LogP contribution >= 0.6 is 23.4 Å². The predicted molar refractivity (Wildman–Crippen MR) is 99.7 cm³/mol. The number of nitrogens with zero attached hydrogens (tertiary/aromatic N) is 1. The maximum Gasteiger partial charge on any atom is 0.353 e. The Kier molecular flexibility index (Phi) is 8.92. The van der Waals surface area contributed by atoms with Crippen molar-refractivity contribution in [2.75, 3.05) is 5.75 Å². The Labute approximate surface area is 163 Å². The van der Waals surface area contributed by atoms with E-state index >= 15 is 0 Å². The normalized spacial score (nSPS) is 21.4. The largest absolute Gasteiger partial charge is 0.477 e. The molecule has 0 saturated carbocycles. The number of carbonyl (C=O) groups excluding carboxylic acids is 2. The van der Waals surface area contributed by atoms with Crippen LogP contribution in [0.5, 0.6) is 0 Å². The summed E-state index contributed by atoms with van der Waals surface area (Å²) in [7, 11) is 0. The smallest absolute Gasteiger partial charge is 0.353 e. The number of nitrogens with one attached hydrogen (secondary N) is 1. The molecule has 1 fully saturated rings. The number of carbonyl (C=O) groups is 3. The van der Waals surface area contributed by atoms with Gasteiger partial charge in [0.1, 0.15) is 23.2 Å². The molecule has 3 atom stereocenters. The number of β-lactam (4-membered cyclic amide) rings is 1. The van der Waals surface area contributed by atoms with Crippen molar-refractivity contribution in [1.29, 1.82) is 0 Å². The number of fused-ring (bicyclic) bond motifs is 1. The van der Waals surface area contributed by atoms with Gasteiger partial charge in [-0.25, -0.2) is 4.79 Å². The van der Waals surface area contributed by atoms with Crippen LogP contribution in [0.1, 0.15) is 11.6 Å². The van der Waals surface area contributed by atoms with Crippen molar-refractivity contribution in [2.24, 2.45) is 5.73 Å². The van der Waals surface area contributed by atoms with Gasteiger partial charge < -0.3 is 32.6 Å². The lowest BCUT2D eigenvalue weighted by Gasteiger charge is -2.48. The van der Waals surface area contributed by atoms with Crippen molar-refractivity contribution in [3.63, 3.8) is 0 Å². The van der Waals surface area contributed by atoms with Gasteiger partial charge in [0.15, 0.2) is 0 Å². The first-order valence-electron chi connectivity index (χ1n) is 7.09. The number of thioether (sulfide) groups is 1. The molecular weight excluding hydrogens is 402 g/mol. The van der Waals surface area contributed by atoms with Crippen molar-refractivity contribution in [3.05, 3.63) is 46.6 Å². The van der Waals surface area contributed by atoms with E-state index < -0.39 is 35.2 Å². The molecule has 0 spiro atoms. The highest BCUT2D eigenvalue weighted by molar-refractivity contribution is 8.00. The maximum atomic E-state index is 12.3. The van der Waals surface area contributed by atoms with Crippen molar-refractivity contribution in [1.82, 2.24) is 10.2 Å². The van der Waals surface area contributed by atoms with Crippen LogP contribution in [0.2, 0.25) is 0 Å². The summed E-state index contributed by atoms with van der Waals surface area (Å²) in [5.41, 5.74) is 6.32. The summed E-state index contributed by atoms with van der Waals surface area (Å²) in [6, 6.07) is 7.07. The van der Waals surface area contributed by atoms with Gasteiger partial charge in [-0.1, -0.05) is 41.9 Å². The van der Waals surface area contributed by atoms with E-state index in [1.165, 1.54) is 11.8 Å². The summed E-state index contributed by atoms with van der Waals surface area (Å²) in [5, 5.41) is 11.4. The Bertz CT molecular complexity index is 746. The molecule has 2 amide bonds. The number of halogens is 1. The molecule has 3 rings (SSSR count). The molecular formula is C15H20ClN3O7S. The topological polar surface area (TPSA) is 207 Å². The maximum absolute atomic E-state index is 12.3. The van der Waals surface area contributed by atoms with E-state index in [9.17, 15) is 19.5 Å². The molecule has 2 heterocycles. The number of benzene rings is 1. The molecule has 27 heavy (non-hydrogen) atoms. The summed E-state index contributed by atoms with van der Waals surface area (Å²) in [4.78, 5) is 36.9. The van der Waals surface area contributed by atoms with Crippen LogP contribution in [0.25, 0.3) is 0 Å². The molecule has 0 aliphatic carbocycles. The van der Waals surface area contributed by atoms with Crippen LogP contribution in [-0.4, -0.2) is 61.4 Å². The van der Waals surface area contributed by atoms with Crippen molar-refractivity contribution in [2.45, 2.75) is 17.5 Å². The fourth-order valence-electron chi connectivity index (χ4n) is 2.64. The van der Waals surface area contributed by atoms with Crippen LogP contribution in [-0.2, 0) is 14.4 Å². The highest BCUT2D eigenvalue weighted by Crippen LogP contribution is 2.41. The predicted octanol–water partition coefficient (Wildman–Crippen LogP) is -1.85. The van der Waals surface area contributed by atoms with E-state index in [0.717, 1.165) is 4.90 Å². The summed E-state index contributed by atoms with van der Waals surface area (Å²) in [6.45, 7) is 0. The molecule has 10 nitrogen and oxygen atoms in total. The molecule has 2 aliphatic rings. The zero-order valence-corrected chi connectivity index (χ0v) is 15.4. The number of amides is 2. The van der Waals surface area contributed by atoms with Gasteiger partial charge in [-0.15, -0.1) is 11.8 Å². The zero-order chi connectivity index (χ0) is 17.4. The van der Waals surface area contributed by atoms with Gasteiger partial charge >= 0.3 is 5.97 Å². The Hall–Kier alpha value is -2.15. The molecule has 0 aromatic heterocycles. The molecule has 0 unspecified atom stereocenters. The number of carboxylic acid groups (broad SMARTS) is 1. The Morgan fingerprint density at radius 1 is 1.26 bits per heavy atom. The highest BCUT2D eigenvalue weighted by atomic mass is 35.5. The second-order valence-electron chi connectivity index (χ2n) is 5.34. The average molecular weight is 422 g/mol. The number of rotatable bonds is 4. The molecule has 12 heteroatoms. The van der Waals surface area contributed by atoms with Crippen molar-refractivity contribution < 1.29 is 35.9 Å². The summed E-state index contributed by atoms with van der Waals surface area (Å²) >= 11 is 7.20. The minimum Gasteiger partial charge on any atom is -0.477 e. The summed E-state index contributed by atoms with van der Waals surface area (Å²) in [6.07, 6.45) is 0. The van der Waals surface area contributed by atoms with E-state index in [4.69, 9.17) is 17.3 Å². The number of nitrogens with two attached hydrogens (primary N) is 1. The van der Waals surface area contributed by atoms with E-state index in [2.05, 4.69) is 5.32 Å². The van der Waals surface area contributed by atoms with Crippen molar-refractivity contribution in [3.8, 4) is 0 Å². The highest BCUT2D eigenvalue weighted by Gasteiger charge is 2.54. The van der Waals surface area contributed by atoms with Crippen LogP contribution < -0.4 is 11.1 Å². The van der Waals surface area contributed by atoms with Crippen LogP contribution in [0, 0.1) is 0 Å². The monoisotopic (exact) mass is 421 g/mol. The minimum absolute atomic E-state index is 0. The Morgan fingerprint density at radius 2 is 1.85 bits per heavy atom. The molecule has 0 bridgehead atoms. The van der Waals surface area contributed by atoms with E-state index in [1.807, 2.05) is 6.07 Å². The van der Waals surface area contributed by atoms with Gasteiger partial charge in [0.25, 0.3) is 5.91 Å². The molecule has 1 aromatic rings. The number of aliphatic carboxylic acids is 1. The molecule has 150 valence electrons. The third kappa shape index (κ3) is 4.40. The Balaban J connectivity index is 0.00000225. The van der Waals surface area contributed by atoms with Gasteiger partial charge in [-0.3, -0.25) is 14.5 Å². The molecule has 10 N–H and O–H groups in total. The first kappa shape index (κ1) is 24.8. The lowest BCUT2D eigenvalue weighted by atomic mass is 10.0. The van der Waals surface area contributed by atoms with E-state index in [1.54, 1.807) is 24.3 Å². The third-order valence-corrected chi connectivity index (χ3v) is 5.61. The summed E-state index contributed by atoms with van der Waals surface area (Å²) in [5.74, 6) is -1.98. The molecule has 2 aliphatic heterocycles. The van der Waals surface area contributed by atoms with Crippen LogP contribution in [0.3, 0.4) is 0 Å². The second kappa shape index (κ2) is 9.69. The van der Waals surface area contributed by atoms with Gasteiger partial charge in [-0.05, 0) is 5.56 Å². The quantitative estimate of drug-likeness (QED) is 0.474. The van der Waals surface area contributed by atoms with Gasteiger partial charge in [0, 0.05) is 5.75 Å². The lowest BCUT2D eigenvalue weighted by Crippen LogP contribution is -2.70. The Morgan fingerprint density at radius 3 is 2.41 bits per heavy atom. The van der Waals surface area contributed by atoms with Crippen molar-refractivity contribution >= 4 is 41.1 Å². The van der Waals surface area contributed by atoms with Gasteiger partial charge in [0.05, 0.1) is 5.03 Å². The number of hydrogen-bond donors (Lipinski definition) is 3. The first-order valence-corrected chi connectivity index (χ1v) is 8.52. The van der Waals surface area contributed by atoms with E-state index in [-0.39, 0.29) is 32.9 Å². The number of carboxylic acids is 1. The second-order valence-corrected chi connectivity index (χ2v) is 6.90. The molecule has 0 radical (unpaired) electrons.